The summed E-state index contributed by atoms with van der Waals surface area (Å²) in [6, 6.07) is 0. The van der Waals surface area contributed by atoms with Gasteiger partial charge in [0.2, 0.25) is 0 Å². The van der Waals surface area contributed by atoms with E-state index in [-0.39, 0.29) is 0 Å². The Morgan fingerprint density at radius 1 is 1.20 bits per heavy atom. The lowest BCUT2D eigenvalue weighted by Gasteiger charge is -2.27. The average Bonchev–Trinajstić information content (AvgIpc) is 1.90. The van der Waals surface area contributed by atoms with Crippen molar-refractivity contribution in [2.45, 2.75) is 5.72 Å². The second kappa shape index (κ2) is 3.85. The summed E-state index contributed by atoms with van der Waals surface area (Å²) in [5.41, 5.74) is 3.18. The average molecular weight is 151 g/mol. The monoisotopic (exact) mass is 151 g/mol. The van der Waals surface area contributed by atoms with Gasteiger partial charge in [-0.2, -0.15) is 0 Å². The van der Waals surface area contributed by atoms with E-state index in [1.54, 1.807) is 0 Å². The molecule has 0 saturated heterocycles. The maximum absolute atomic E-state index is 8.99. The van der Waals surface area contributed by atoms with Crippen LogP contribution in [0.2, 0.25) is 0 Å². The van der Waals surface area contributed by atoms with E-state index >= 15 is 0 Å². The number of aliphatic hydroxyl groups is 4. The van der Waals surface area contributed by atoms with E-state index in [2.05, 4.69) is 0 Å². The van der Waals surface area contributed by atoms with E-state index in [0.29, 0.717) is 0 Å². The highest BCUT2D eigenvalue weighted by Crippen LogP contribution is 2.08. The first-order valence-electron chi connectivity index (χ1n) is 2.92. The molecule has 0 amide bonds. The molecule has 10 heavy (non-hydrogen) atoms. The van der Waals surface area contributed by atoms with Gasteiger partial charge in [-0.1, -0.05) is 0 Å². The summed E-state index contributed by atoms with van der Waals surface area (Å²) in [5, 5.41) is 34.4. The Morgan fingerprint density at radius 3 is 1.70 bits per heavy atom. The lowest BCUT2D eigenvalue weighted by molar-refractivity contribution is -0.0877. The van der Waals surface area contributed by atoms with Gasteiger partial charge in [-0.15, -0.1) is 0 Å². The lowest BCUT2D eigenvalue weighted by Crippen LogP contribution is -2.53. The van der Waals surface area contributed by atoms with Gasteiger partial charge in [-0.05, 0) is 0 Å². The fourth-order valence-corrected chi connectivity index (χ4v) is 0.503. The van der Waals surface area contributed by atoms with Crippen molar-refractivity contribution >= 4 is 0 Å². The third-order valence-electron chi connectivity index (χ3n) is 1.40. The molecule has 1 atom stereocenters. The smallest absolute Gasteiger partial charge is 0.144 e. The van der Waals surface area contributed by atoms with Gasteiger partial charge in [0.25, 0.3) is 0 Å². The molecule has 0 bridgehead atoms. The maximum atomic E-state index is 8.99. The Labute approximate surface area is 58.7 Å². The quantitative estimate of drug-likeness (QED) is 0.279. The largest absolute Gasteiger partial charge is 0.396 e. The van der Waals surface area contributed by atoms with Gasteiger partial charge < -0.3 is 26.2 Å². The first kappa shape index (κ1) is 9.80. The van der Waals surface area contributed by atoms with Crippen LogP contribution in [-0.2, 0) is 0 Å². The number of aliphatic hydroxyl groups excluding tert-OH is 3. The van der Waals surface area contributed by atoms with Gasteiger partial charge in [-0.3, -0.25) is 0 Å². The molecule has 62 valence electrons. The number of hydrogen-bond donors (Lipinski definition) is 5. The predicted molar refractivity (Wildman–Crippen MR) is 33.9 cm³/mol. The van der Waals surface area contributed by atoms with E-state index in [0.717, 1.165) is 0 Å². The van der Waals surface area contributed by atoms with Crippen LogP contribution >= 0.6 is 0 Å². The fraction of sp³-hybridized carbons (Fsp3) is 1.00. The van der Waals surface area contributed by atoms with Gasteiger partial charge in [0, 0.05) is 5.92 Å². The Hall–Kier alpha value is -0.200. The van der Waals surface area contributed by atoms with Crippen LogP contribution in [0.15, 0.2) is 0 Å². The molecule has 0 fully saturated rings. The van der Waals surface area contributed by atoms with E-state index < -0.39 is 31.5 Å². The van der Waals surface area contributed by atoms with Crippen LogP contribution in [0, 0.1) is 5.92 Å². The van der Waals surface area contributed by atoms with Crippen molar-refractivity contribution < 1.29 is 20.4 Å². The zero-order valence-electron chi connectivity index (χ0n) is 5.56. The van der Waals surface area contributed by atoms with Crippen LogP contribution in [0.1, 0.15) is 0 Å². The SMILES string of the molecule is NC(O)(CO)C(CO)CO. The third kappa shape index (κ3) is 2.20. The Kier molecular flexibility index (Phi) is 3.77. The molecule has 6 N–H and O–H groups in total. The van der Waals surface area contributed by atoms with Crippen LogP contribution in [0.4, 0.5) is 0 Å². The normalized spacial score (nSPS) is 17.4. The summed E-state index contributed by atoms with van der Waals surface area (Å²) >= 11 is 0. The van der Waals surface area contributed by atoms with Crippen molar-refractivity contribution in [3.63, 3.8) is 0 Å². The number of nitrogens with two attached hydrogens (primary N) is 1. The molecule has 5 nitrogen and oxygen atoms in total. The van der Waals surface area contributed by atoms with Crippen LogP contribution in [0.5, 0.6) is 0 Å². The van der Waals surface area contributed by atoms with Gasteiger partial charge >= 0.3 is 0 Å². The second-order valence-corrected chi connectivity index (χ2v) is 2.21. The molecule has 0 heterocycles. The molecule has 0 spiro atoms. The lowest BCUT2D eigenvalue weighted by atomic mass is 9.99. The number of hydrogen-bond acceptors (Lipinski definition) is 5. The van der Waals surface area contributed by atoms with Gasteiger partial charge in [0.1, 0.15) is 5.72 Å². The molecule has 5 heteroatoms. The summed E-state index contributed by atoms with van der Waals surface area (Å²) < 4.78 is 0. The van der Waals surface area contributed by atoms with Crippen molar-refractivity contribution in [1.82, 2.24) is 0 Å². The Morgan fingerprint density at radius 2 is 1.60 bits per heavy atom. The third-order valence-corrected chi connectivity index (χ3v) is 1.40. The molecule has 0 aromatic heterocycles. The highest BCUT2D eigenvalue weighted by atomic mass is 16.3. The van der Waals surface area contributed by atoms with Crippen LogP contribution in [0.25, 0.3) is 0 Å². The topological polar surface area (TPSA) is 107 Å². The molecule has 0 aliphatic rings. The molecule has 1 unspecified atom stereocenters. The van der Waals surface area contributed by atoms with Crippen molar-refractivity contribution in [2.75, 3.05) is 19.8 Å². The molecular weight excluding hydrogens is 138 g/mol. The van der Waals surface area contributed by atoms with Crippen molar-refractivity contribution in [3.8, 4) is 0 Å². The summed E-state index contributed by atoms with van der Waals surface area (Å²) in [6.45, 7) is -1.59. The summed E-state index contributed by atoms with van der Waals surface area (Å²) in [6.07, 6.45) is 0. The van der Waals surface area contributed by atoms with Crippen LogP contribution in [0.3, 0.4) is 0 Å². The summed E-state index contributed by atoms with van der Waals surface area (Å²) in [7, 11) is 0. The number of rotatable bonds is 4. The van der Waals surface area contributed by atoms with E-state index in [1.807, 2.05) is 0 Å². The standard InChI is InChI=1S/C5H13NO4/c6-5(10,3-9)4(1-7)2-8/h4,7-10H,1-3,6H2. The minimum Gasteiger partial charge on any atom is -0.396 e. The maximum Gasteiger partial charge on any atom is 0.144 e. The Bertz CT molecular complexity index is 91.6. The summed E-state index contributed by atoms with van der Waals surface area (Å²) in [4.78, 5) is 0. The molecule has 0 saturated carbocycles. The molecule has 0 aromatic carbocycles. The second-order valence-electron chi connectivity index (χ2n) is 2.21. The molecule has 0 radical (unpaired) electrons. The molecule has 0 aliphatic carbocycles. The molecule has 0 aromatic rings. The van der Waals surface area contributed by atoms with E-state index in [4.69, 9.17) is 26.2 Å². The zero-order valence-corrected chi connectivity index (χ0v) is 5.56. The molecule has 0 aliphatic heterocycles. The summed E-state index contributed by atoms with van der Waals surface area (Å²) in [5.74, 6) is -0.891. The highest BCUT2D eigenvalue weighted by molar-refractivity contribution is 4.78. The minimum atomic E-state index is -1.89. The van der Waals surface area contributed by atoms with Crippen molar-refractivity contribution in [2.24, 2.45) is 11.7 Å². The molecule has 0 rings (SSSR count). The zero-order chi connectivity index (χ0) is 8.20. The van der Waals surface area contributed by atoms with Crippen molar-refractivity contribution in [3.05, 3.63) is 0 Å². The van der Waals surface area contributed by atoms with Gasteiger partial charge in [0.05, 0.1) is 19.8 Å². The first-order valence-corrected chi connectivity index (χ1v) is 2.92. The highest BCUT2D eigenvalue weighted by Gasteiger charge is 2.30. The van der Waals surface area contributed by atoms with E-state index in [9.17, 15) is 0 Å². The van der Waals surface area contributed by atoms with E-state index in [1.165, 1.54) is 0 Å². The van der Waals surface area contributed by atoms with Gasteiger partial charge in [-0.25, -0.2) is 0 Å². The Balaban J connectivity index is 3.97. The van der Waals surface area contributed by atoms with Crippen LogP contribution < -0.4 is 5.73 Å². The molecular formula is C5H13NO4. The first-order chi connectivity index (χ1) is 4.58. The van der Waals surface area contributed by atoms with Crippen molar-refractivity contribution in [1.29, 1.82) is 0 Å². The van der Waals surface area contributed by atoms with Crippen LogP contribution in [-0.4, -0.2) is 46.0 Å². The van der Waals surface area contributed by atoms with Gasteiger partial charge in [0.15, 0.2) is 0 Å². The fourth-order valence-electron chi connectivity index (χ4n) is 0.503. The predicted octanol–water partition coefficient (Wildman–Crippen LogP) is -2.77. The minimum absolute atomic E-state index is 0.454.